The van der Waals surface area contributed by atoms with Gasteiger partial charge in [-0.1, -0.05) is 115 Å². The van der Waals surface area contributed by atoms with Crippen LogP contribution in [0.15, 0.2) is 170 Å². The predicted molar refractivity (Wildman–Crippen MR) is 222 cm³/mol. The first kappa shape index (κ1) is 30.9. The molecular formula is C50H35N3. The molecule has 0 N–H and O–H groups in total. The predicted octanol–water partition coefficient (Wildman–Crippen LogP) is 12.6. The normalized spacial score (nSPS) is 14.1. The van der Waals surface area contributed by atoms with Gasteiger partial charge in [-0.3, -0.25) is 0 Å². The van der Waals surface area contributed by atoms with Gasteiger partial charge in [-0.15, -0.1) is 0 Å². The van der Waals surface area contributed by atoms with Gasteiger partial charge in [-0.05, 0) is 107 Å². The molecular weight excluding hydrogens is 643 g/mol. The number of aromatic nitrogens is 2. The third-order valence-electron chi connectivity index (χ3n) is 11.0. The molecule has 0 aliphatic heterocycles. The van der Waals surface area contributed by atoms with Gasteiger partial charge in [0.1, 0.15) is 0 Å². The lowest BCUT2D eigenvalue weighted by molar-refractivity contribution is 0.930. The molecule has 2 aliphatic carbocycles. The van der Waals surface area contributed by atoms with E-state index in [1.54, 1.807) is 0 Å². The molecule has 0 unspecified atom stereocenters. The van der Waals surface area contributed by atoms with Crippen LogP contribution in [0, 0.1) is 11.3 Å². The summed E-state index contributed by atoms with van der Waals surface area (Å²) in [7, 11) is 0. The summed E-state index contributed by atoms with van der Waals surface area (Å²) in [5, 5.41) is 13.0. The molecule has 0 amide bonds. The van der Waals surface area contributed by atoms with E-state index in [0.29, 0.717) is 5.56 Å². The average molecular weight is 678 g/mol. The van der Waals surface area contributed by atoms with E-state index in [1.165, 1.54) is 88.8 Å². The first-order valence-corrected chi connectivity index (χ1v) is 18.3. The third-order valence-corrected chi connectivity index (χ3v) is 11.0. The van der Waals surface area contributed by atoms with Crippen LogP contribution in [0.1, 0.15) is 40.8 Å². The second kappa shape index (κ2) is 12.7. The molecule has 0 bridgehead atoms. The zero-order valence-corrected chi connectivity index (χ0v) is 29.2. The maximum atomic E-state index is 9.22. The van der Waals surface area contributed by atoms with Crippen LogP contribution in [0.25, 0.3) is 72.4 Å². The SMILES string of the molecule is N#Cc1ccc(C2=CC=C(n3c4c(c5ccccc53)C=C(c3ccc(-c5ccc6c(c5)c5ccccc5n6-c5ccccc5)cc3)C=CC4)CC2)cc1. The molecule has 6 aromatic carbocycles. The van der Waals surface area contributed by atoms with Crippen molar-refractivity contribution in [1.82, 2.24) is 9.13 Å². The van der Waals surface area contributed by atoms with Crippen LogP contribution in [-0.4, -0.2) is 9.13 Å². The summed E-state index contributed by atoms with van der Waals surface area (Å²) in [6.45, 7) is 0. The quantitative estimate of drug-likeness (QED) is 0.178. The van der Waals surface area contributed by atoms with Gasteiger partial charge in [-0.25, -0.2) is 0 Å². The highest BCUT2D eigenvalue weighted by molar-refractivity contribution is 6.10. The summed E-state index contributed by atoms with van der Waals surface area (Å²) in [5.74, 6) is 0. The topological polar surface area (TPSA) is 33.6 Å². The lowest BCUT2D eigenvalue weighted by atomic mass is 9.95. The zero-order valence-electron chi connectivity index (χ0n) is 29.2. The Bertz CT molecular complexity index is 2880. The molecule has 0 spiro atoms. The van der Waals surface area contributed by atoms with E-state index in [0.717, 1.165) is 19.3 Å². The number of nitrogens with zero attached hydrogens (tertiary/aromatic N) is 3. The fourth-order valence-electron chi connectivity index (χ4n) is 8.36. The van der Waals surface area contributed by atoms with Crippen molar-refractivity contribution in [1.29, 1.82) is 5.26 Å². The maximum Gasteiger partial charge on any atom is 0.0991 e. The lowest BCUT2D eigenvalue weighted by Crippen LogP contribution is -2.05. The van der Waals surface area contributed by atoms with Crippen LogP contribution in [-0.2, 0) is 6.42 Å². The summed E-state index contributed by atoms with van der Waals surface area (Å²) in [4.78, 5) is 0. The monoisotopic (exact) mass is 677 g/mol. The van der Waals surface area contributed by atoms with Gasteiger partial charge in [-0.2, -0.15) is 5.26 Å². The Morgan fingerprint density at radius 1 is 0.528 bits per heavy atom. The molecule has 53 heavy (non-hydrogen) atoms. The summed E-state index contributed by atoms with van der Waals surface area (Å²) in [6.07, 6.45) is 14.3. The summed E-state index contributed by atoms with van der Waals surface area (Å²) < 4.78 is 4.86. The standard InChI is InChI=1S/C50H35N3/c51-33-34-17-19-35(20-18-34)36-25-28-42(29-26-36)53-48-15-7-4-12-43(48)45-31-39(9-8-16-49(45)53)37-21-23-38(24-22-37)40-27-30-50-46(32-40)44-13-5-6-14-47(44)52(50)41-10-2-1-3-11-41/h1-15,17-25,27-28,30-32H,16,26,29H2. The molecule has 10 rings (SSSR count). The number of benzene rings is 6. The maximum absolute atomic E-state index is 9.22. The third kappa shape index (κ3) is 5.27. The number of fused-ring (bicyclic) bond motifs is 6. The molecule has 250 valence electrons. The van der Waals surface area contributed by atoms with Crippen molar-refractivity contribution in [3.8, 4) is 22.9 Å². The van der Waals surface area contributed by atoms with Gasteiger partial charge in [0, 0.05) is 45.2 Å². The smallest absolute Gasteiger partial charge is 0.0991 e. The average Bonchev–Trinajstić information content (AvgIpc) is 3.62. The lowest BCUT2D eigenvalue weighted by Gasteiger charge is -2.19. The number of para-hydroxylation sites is 3. The highest BCUT2D eigenvalue weighted by atomic mass is 15.0. The largest absolute Gasteiger partial charge is 0.316 e. The fourth-order valence-corrected chi connectivity index (χ4v) is 8.36. The minimum Gasteiger partial charge on any atom is -0.316 e. The highest BCUT2D eigenvalue weighted by Gasteiger charge is 2.21. The van der Waals surface area contributed by atoms with Crippen LogP contribution >= 0.6 is 0 Å². The first-order valence-electron chi connectivity index (χ1n) is 18.3. The van der Waals surface area contributed by atoms with Gasteiger partial charge in [0.05, 0.1) is 28.2 Å². The van der Waals surface area contributed by atoms with Crippen molar-refractivity contribution >= 4 is 55.6 Å². The van der Waals surface area contributed by atoms with Crippen LogP contribution in [0.3, 0.4) is 0 Å². The number of hydrogen-bond donors (Lipinski definition) is 0. The molecule has 8 aromatic rings. The Balaban J connectivity index is 0.998. The minimum atomic E-state index is 0.695. The molecule has 0 atom stereocenters. The van der Waals surface area contributed by atoms with E-state index in [1.807, 2.05) is 12.1 Å². The molecule has 2 heterocycles. The number of rotatable bonds is 5. The van der Waals surface area contributed by atoms with E-state index >= 15 is 0 Å². The van der Waals surface area contributed by atoms with E-state index in [2.05, 4.69) is 179 Å². The van der Waals surface area contributed by atoms with E-state index in [4.69, 9.17) is 0 Å². The van der Waals surface area contributed by atoms with E-state index < -0.39 is 0 Å². The Morgan fingerprint density at radius 3 is 1.94 bits per heavy atom. The second-order valence-corrected chi connectivity index (χ2v) is 14.0. The molecule has 0 saturated carbocycles. The number of hydrogen-bond acceptors (Lipinski definition) is 1. The number of nitriles is 1. The van der Waals surface area contributed by atoms with Crippen molar-refractivity contribution in [3.63, 3.8) is 0 Å². The van der Waals surface area contributed by atoms with E-state index in [-0.39, 0.29) is 0 Å². The van der Waals surface area contributed by atoms with Crippen molar-refractivity contribution in [2.45, 2.75) is 19.3 Å². The van der Waals surface area contributed by atoms with Crippen molar-refractivity contribution in [2.24, 2.45) is 0 Å². The van der Waals surface area contributed by atoms with Crippen LogP contribution in [0.5, 0.6) is 0 Å². The molecule has 2 aliphatic rings. The Morgan fingerprint density at radius 2 is 1.19 bits per heavy atom. The molecule has 0 radical (unpaired) electrons. The number of allylic oxidation sites excluding steroid dienone is 7. The van der Waals surface area contributed by atoms with Gasteiger partial charge < -0.3 is 9.13 Å². The molecule has 0 saturated heterocycles. The van der Waals surface area contributed by atoms with Gasteiger partial charge in [0.2, 0.25) is 0 Å². The molecule has 2 aromatic heterocycles. The fraction of sp³-hybridized carbons (Fsp3) is 0.0600. The summed E-state index contributed by atoms with van der Waals surface area (Å²) in [5.41, 5.74) is 16.9. The van der Waals surface area contributed by atoms with Crippen LogP contribution in [0.2, 0.25) is 0 Å². The van der Waals surface area contributed by atoms with Gasteiger partial charge in [0.25, 0.3) is 0 Å². The van der Waals surface area contributed by atoms with E-state index in [9.17, 15) is 5.26 Å². The van der Waals surface area contributed by atoms with Crippen molar-refractivity contribution in [3.05, 3.63) is 198 Å². The summed E-state index contributed by atoms with van der Waals surface area (Å²) >= 11 is 0. The molecule has 3 nitrogen and oxygen atoms in total. The second-order valence-electron chi connectivity index (χ2n) is 14.0. The van der Waals surface area contributed by atoms with Crippen molar-refractivity contribution in [2.75, 3.05) is 0 Å². The molecule has 3 heteroatoms. The van der Waals surface area contributed by atoms with Gasteiger partial charge in [0.15, 0.2) is 0 Å². The van der Waals surface area contributed by atoms with Crippen LogP contribution < -0.4 is 0 Å². The first-order chi connectivity index (χ1) is 26.2. The zero-order chi connectivity index (χ0) is 35.3. The Labute approximate surface area is 309 Å². The van der Waals surface area contributed by atoms with Crippen LogP contribution in [0.4, 0.5) is 0 Å². The minimum absolute atomic E-state index is 0.695. The highest BCUT2D eigenvalue weighted by Crippen LogP contribution is 2.39. The van der Waals surface area contributed by atoms with Gasteiger partial charge >= 0.3 is 0 Å². The molecule has 0 fully saturated rings. The summed E-state index contributed by atoms with van der Waals surface area (Å²) in [6, 6.07) is 54.3. The Hall–Kier alpha value is -6.89. The van der Waals surface area contributed by atoms with Crippen molar-refractivity contribution < 1.29 is 0 Å². The Kier molecular flexibility index (Phi) is 7.41.